The van der Waals surface area contributed by atoms with Gasteiger partial charge in [0, 0.05) is 37.9 Å². The zero-order valence-electron chi connectivity index (χ0n) is 17.6. The summed E-state index contributed by atoms with van der Waals surface area (Å²) in [5, 5.41) is 9.25. The number of carbonyl (C=O) groups excluding carboxylic acids is 1. The Kier molecular flexibility index (Phi) is 5.99. The summed E-state index contributed by atoms with van der Waals surface area (Å²) in [7, 11) is -3.77. The maximum Gasteiger partial charge on any atom is 0.244 e. The highest BCUT2D eigenvalue weighted by atomic mass is 32.2. The van der Waals surface area contributed by atoms with Crippen LogP contribution in [0.5, 0.6) is 0 Å². The average Bonchev–Trinajstić information content (AvgIpc) is 2.81. The first-order valence-electron chi connectivity index (χ1n) is 10.5. The molecule has 1 unspecified atom stereocenters. The molecule has 2 aliphatic heterocycles. The topological polar surface area (TPSA) is 84.7 Å². The van der Waals surface area contributed by atoms with Gasteiger partial charge in [0.15, 0.2) is 0 Å². The molecule has 0 N–H and O–H groups in total. The van der Waals surface area contributed by atoms with E-state index in [4.69, 9.17) is 0 Å². The maximum atomic E-state index is 13.0. The highest BCUT2D eigenvalue weighted by molar-refractivity contribution is 7.89. The smallest absolute Gasteiger partial charge is 0.244 e. The van der Waals surface area contributed by atoms with E-state index in [-0.39, 0.29) is 35.5 Å². The van der Waals surface area contributed by atoms with E-state index in [0.29, 0.717) is 19.6 Å². The molecule has 7 nitrogen and oxygen atoms in total. The Bertz CT molecular complexity index is 1120. The molecule has 2 aromatic rings. The quantitative estimate of drug-likeness (QED) is 0.731. The van der Waals surface area contributed by atoms with Gasteiger partial charge in [-0.2, -0.15) is 9.57 Å². The van der Waals surface area contributed by atoms with Crippen molar-refractivity contribution in [1.29, 1.82) is 5.26 Å². The Labute approximate surface area is 183 Å². The van der Waals surface area contributed by atoms with Gasteiger partial charge in [-0.25, -0.2) is 8.42 Å². The largest absolute Gasteiger partial charge is 0.359 e. The van der Waals surface area contributed by atoms with Crippen molar-refractivity contribution in [2.24, 2.45) is 0 Å². The van der Waals surface area contributed by atoms with Crippen LogP contribution in [0.3, 0.4) is 0 Å². The van der Waals surface area contributed by atoms with Crippen LogP contribution in [0, 0.1) is 11.3 Å². The van der Waals surface area contributed by atoms with Crippen LogP contribution in [0.4, 0.5) is 5.69 Å². The number of rotatable bonds is 4. The van der Waals surface area contributed by atoms with Gasteiger partial charge in [-0.3, -0.25) is 4.79 Å². The van der Waals surface area contributed by atoms with Crippen LogP contribution in [-0.2, 0) is 21.2 Å². The summed E-state index contributed by atoms with van der Waals surface area (Å²) in [5.74, 6) is 0.0121. The number of amides is 1. The van der Waals surface area contributed by atoms with Crippen LogP contribution in [-0.4, -0.2) is 62.3 Å². The van der Waals surface area contributed by atoms with Crippen LogP contribution >= 0.6 is 0 Å². The highest BCUT2D eigenvalue weighted by Gasteiger charge is 2.33. The number of nitrogens with zero attached hydrogens (tertiary/aromatic N) is 4. The van der Waals surface area contributed by atoms with Crippen molar-refractivity contribution in [2.45, 2.75) is 30.7 Å². The van der Waals surface area contributed by atoms with Gasteiger partial charge in [0.1, 0.15) is 6.07 Å². The summed E-state index contributed by atoms with van der Waals surface area (Å²) in [5.41, 5.74) is 2.52. The molecule has 0 saturated carbocycles. The molecule has 2 aliphatic rings. The van der Waals surface area contributed by atoms with Gasteiger partial charge in [0.25, 0.3) is 0 Å². The van der Waals surface area contributed by atoms with Crippen molar-refractivity contribution >= 4 is 21.6 Å². The zero-order chi connectivity index (χ0) is 22.0. The molecule has 1 atom stereocenters. The number of anilines is 1. The van der Waals surface area contributed by atoms with Crippen molar-refractivity contribution in [3.05, 3.63) is 59.7 Å². The molecule has 1 amide bonds. The van der Waals surface area contributed by atoms with Gasteiger partial charge in [0.05, 0.1) is 17.0 Å². The second-order valence-corrected chi connectivity index (χ2v) is 9.94. The molecule has 31 heavy (non-hydrogen) atoms. The zero-order valence-corrected chi connectivity index (χ0v) is 18.4. The third kappa shape index (κ3) is 4.16. The minimum absolute atomic E-state index is 0.0121. The number of carbonyl (C=O) groups is 1. The molecular weight excluding hydrogens is 412 g/mol. The first-order chi connectivity index (χ1) is 14.9. The first-order valence-corrected chi connectivity index (χ1v) is 12.0. The van der Waals surface area contributed by atoms with Crippen LogP contribution in [0.15, 0.2) is 53.4 Å². The summed E-state index contributed by atoms with van der Waals surface area (Å²) in [6.45, 7) is 3.57. The summed E-state index contributed by atoms with van der Waals surface area (Å²) in [4.78, 5) is 16.9. The fourth-order valence-electron chi connectivity index (χ4n) is 4.35. The second kappa shape index (κ2) is 8.69. The van der Waals surface area contributed by atoms with E-state index in [1.165, 1.54) is 22.0 Å². The van der Waals surface area contributed by atoms with Crippen molar-refractivity contribution in [1.82, 2.24) is 9.21 Å². The molecule has 0 aromatic heterocycles. The van der Waals surface area contributed by atoms with Gasteiger partial charge in [-0.15, -0.1) is 0 Å². The monoisotopic (exact) mass is 438 g/mol. The Hall–Kier alpha value is -2.89. The lowest BCUT2D eigenvalue weighted by atomic mass is 9.96. The first kappa shape index (κ1) is 21.3. The minimum Gasteiger partial charge on any atom is -0.359 e. The van der Waals surface area contributed by atoms with Crippen molar-refractivity contribution < 1.29 is 13.2 Å². The number of aryl methyl sites for hydroxylation is 1. The minimum atomic E-state index is -3.77. The van der Waals surface area contributed by atoms with Crippen LogP contribution in [0.2, 0.25) is 0 Å². The van der Waals surface area contributed by atoms with Crippen LogP contribution < -0.4 is 4.90 Å². The van der Waals surface area contributed by atoms with Crippen molar-refractivity contribution in [3.8, 4) is 6.07 Å². The third-order valence-corrected chi connectivity index (χ3v) is 8.14. The fourth-order valence-corrected chi connectivity index (χ4v) is 5.91. The predicted molar refractivity (Wildman–Crippen MR) is 118 cm³/mol. The normalized spacial score (nSPS) is 19.5. The second-order valence-electron chi connectivity index (χ2n) is 8.04. The van der Waals surface area contributed by atoms with Gasteiger partial charge in [-0.05, 0) is 43.5 Å². The Morgan fingerprint density at radius 2 is 1.74 bits per heavy atom. The maximum absolute atomic E-state index is 13.0. The summed E-state index contributed by atoms with van der Waals surface area (Å²) < 4.78 is 27.4. The number of hydrogen-bond donors (Lipinski definition) is 0. The molecule has 2 heterocycles. The van der Waals surface area contributed by atoms with Gasteiger partial charge in [0.2, 0.25) is 15.9 Å². The molecule has 1 fully saturated rings. The van der Waals surface area contributed by atoms with Gasteiger partial charge < -0.3 is 9.80 Å². The molecule has 4 rings (SSSR count). The van der Waals surface area contributed by atoms with Crippen molar-refractivity contribution in [3.63, 3.8) is 0 Å². The van der Waals surface area contributed by atoms with E-state index in [9.17, 15) is 18.5 Å². The van der Waals surface area contributed by atoms with E-state index in [1.807, 2.05) is 18.2 Å². The molecule has 0 radical (unpaired) electrons. The number of benzene rings is 2. The Morgan fingerprint density at radius 3 is 2.48 bits per heavy atom. The molecule has 162 valence electrons. The number of fused-ring (bicyclic) bond motifs is 1. The lowest BCUT2D eigenvalue weighted by Crippen LogP contribution is -2.53. The number of para-hydroxylation sites is 1. The van der Waals surface area contributed by atoms with E-state index in [1.54, 1.807) is 17.0 Å². The molecule has 0 spiro atoms. The lowest BCUT2D eigenvalue weighted by Gasteiger charge is -2.39. The molecule has 0 bridgehead atoms. The number of sulfonamides is 1. The Morgan fingerprint density at radius 1 is 1.06 bits per heavy atom. The third-order valence-electron chi connectivity index (χ3n) is 6.19. The van der Waals surface area contributed by atoms with E-state index in [0.717, 1.165) is 18.5 Å². The number of piperazine rings is 1. The van der Waals surface area contributed by atoms with E-state index >= 15 is 0 Å². The highest BCUT2D eigenvalue weighted by Crippen LogP contribution is 2.30. The summed E-state index contributed by atoms with van der Waals surface area (Å²) in [6.07, 6.45) is 2.03. The number of nitriles is 1. The SMILES string of the molecule is CC1CCc2ccccc2N1CC(=O)N1CCN(S(=O)(=O)c2ccccc2C#N)CC1. The molecular formula is C23H26N4O3S. The lowest BCUT2D eigenvalue weighted by molar-refractivity contribution is -0.131. The Balaban J connectivity index is 1.42. The molecule has 0 aliphatic carbocycles. The van der Waals surface area contributed by atoms with E-state index in [2.05, 4.69) is 24.0 Å². The molecule has 1 saturated heterocycles. The molecule has 2 aromatic carbocycles. The summed E-state index contributed by atoms with van der Waals surface area (Å²) >= 11 is 0. The van der Waals surface area contributed by atoms with E-state index < -0.39 is 10.0 Å². The number of hydrogen-bond acceptors (Lipinski definition) is 5. The fraction of sp³-hybridized carbons (Fsp3) is 0.391. The van der Waals surface area contributed by atoms with Crippen LogP contribution in [0.25, 0.3) is 0 Å². The predicted octanol–water partition coefficient (Wildman–Crippen LogP) is 2.23. The van der Waals surface area contributed by atoms with Crippen LogP contribution in [0.1, 0.15) is 24.5 Å². The van der Waals surface area contributed by atoms with Gasteiger partial charge >= 0.3 is 0 Å². The summed E-state index contributed by atoms with van der Waals surface area (Å²) in [6, 6.07) is 16.7. The van der Waals surface area contributed by atoms with Gasteiger partial charge in [-0.1, -0.05) is 30.3 Å². The standard InChI is InChI=1S/C23H26N4O3S/c1-18-10-11-19-6-2-4-8-21(19)27(18)17-23(28)25-12-14-26(15-13-25)31(29,30)22-9-5-3-7-20(22)16-24/h2-9,18H,10-15,17H2,1H3. The van der Waals surface area contributed by atoms with Crippen molar-refractivity contribution in [2.75, 3.05) is 37.6 Å². The molecule has 8 heteroatoms. The average molecular weight is 439 g/mol.